The summed E-state index contributed by atoms with van der Waals surface area (Å²) in [7, 11) is 0. The fraction of sp³-hybridized carbons (Fsp3) is 0.133. The predicted octanol–water partition coefficient (Wildman–Crippen LogP) is 3.40. The fourth-order valence-electron chi connectivity index (χ4n) is 1.83. The van der Waals surface area contributed by atoms with E-state index in [1.165, 1.54) is 24.3 Å². The van der Waals surface area contributed by atoms with E-state index in [0.717, 1.165) is 0 Å². The van der Waals surface area contributed by atoms with E-state index in [9.17, 15) is 14.3 Å². The highest BCUT2D eigenvalue weighted by molar-refractivity contribution is 6.05. The van der Waals surface area contributed by atoms with E-state index < -0.39 is 0 Å². The van der Waals surface area contributed by atoms with Gasteiger partial charge in [0.1, 0.15) is 11.6 Å². The number of anilines is 1. The maximum atomic E-state index is 13.0. The van der Waals surface area contributed by atoms with E-state index in [-0.39, 0.29) is 17.5 Å². The van der Waals surface area contributed by atoms with Crippen molar-refractivity contribution in [3.8, 4) is 5.75 Å². The number of hydrogen-bond donors (Lipinski definition) is 2. The van der Waals surface area contributed by atoms with Gasteiger partial charge >= 0.3 is 0 Å². The zero-order valence-electron chi connectivity index (χ0n) is 10.7. The van der Waals surface area contributed by atoms with Crippen LogP contribution in [0.15, 0.2) is 36.4 Å². The normalized spacial score (nSPS) is 10.3. The van der Waals surface area contributed by atoms with Gasteiger partial charge in [-0.15, -0.1) is 0 Å². The van der Waals surface area contributed by atoms with Crippen LogP contribution in [0.3, 0.4) is 0 Å². The quantitative estimate of drug-likeness (QED) is 0.868. The lowest BCUT2D eigenvalue weighted by molar-refractivity contribution is 0.102. The van der Waals surface area contributed by atoms with Crippen LogP contribution >= 0.6 is 0 Å². The minimum atomic E-state index is -0.343. The molecule has 0 spiro atoms. The van der Waals surface area contributed by atoms with Gasteiger partial charge in [-0.1, -0.05) is 6.07 Å². The first-order valence-electron chi connectivity index (χ1n) is 5.85. The number of benzene rings is 2. The summed E-state index contributed by atoms with van der Waals surface area (Å²) in [5.74, 6) is -0.601. The van der Waals surface area contributed by atoms with Crippen LogP contribution in [-0.4, -0.2) is 11.0 Å². The molecule has 0 atom stereocenters. The summed E-state index contributed by atoms with van der Waals surface area (Å²) in [5.41, 5.74) is 2.10. The Morgan fingerprint density at radius 2 is 1.95 bits per heavy atom. The van der Waals surface area contributed by atoms with Crippen molar-refractivity contribution in [1.29, 1.82) is 0 Å². The molecular formula is C15H14FNO2. The van der Waals surface area contributed by atoms with E-state index in [0.29, 0.717) is 22.4 Å². The summed E-state index contributed by atoms with van der Waals surface area (Å²) in [4.78, 5) is 12.1. The molecule has 0 saturated heterocycles. The molecular weight excluding hydrogens is 245 g/mol. The van der Waals surface area contributed by atoms with Crippen LogP contribution in [0.4, 0.5) is 10.1 Å². The monoisotopic (exact) mass is 259 g/mol. The minimum absolute atomic E-state index is 0.0727. The van der Waals surface area contributed by atoms with Crippen molar-refractivity contribution in [3.05, 3.63) is 58.9 Å². The van der Waals surface area contributed by atoms with Gasteiger partial charge in [-0.3, -0.25) is 4.79 Å². The van der Waals surface area contributed by atoms with Crippen LogP contribution in [0.1, 0.15) is 21.5 Å². The summed E-state index contributed by atoms with van der Waals surface area (Å²) in [6.07, 6.45) is 0. The van der Waals surface area contributed by atoms with Gasteiger partial charge in [-0.2, -0.15) is 0 Å². The lowest BCUT2D eigenvalue weighted by Crippen LogP contribution is -2.14. The van der Waals surface area contributed by atoms with E-state index in [1.807, 2.05) is 0 Å². The second kappa shape index (κ2) is 5.10. The molecule has 2 aromatic carbocycles. The molecule has 2 N–H and O–H groups in total. The molecule has 0 unspecified atom stereocenters. The van der Waals surface area contributed by atoms with Gasteiger partial charge in [-0.05, 0) is 49.7 Å². The molecule has 1 amide bonds. The molecule has 0 aromatic heterocycles. The highest BCUT2D eigenvalue weighted by Gasteiger charge is 2.12. The van der Waals surface area contributed by atoms with Crippen LogP contribution in [0.5, 0.6) is 5.75 Å². The number of rotatable bonds is 2. The Hall–Kier alpha value is -2.36. The first-order chi connectivity index (χ1) is 8.99. The first-order valence-corrected chi connectivity index (χ1v) is 5.85. The average Bonchev–Trinajstić information content (AvgIpc) is 2.36. The smallest absolute Gasteiger partial charge is 0.256 e. The number of phenolic OH excluding ortho intramolecular Hbond substituents is 1. The molecule has 4 heteroatoms. The highest BCUT2D eigenvalue weighted by atomic mass is 19.1. The largest absolute Gasteiger partial charge is 0.508 e. The minimum Gasteiger partial charge on any atom is -0.508 e. The zero-order chi connectivity index (χ0) is 14.0. The number of halogens is 1. The number of phenols is 1. The van der Waals surface area contributed by atoms with Crippen LogP contribution in [0.25, 0.3) is 0 Å². The van der Waals surface area contributed by atoms with Crippen LogP contribution in [-0.2, 0) is 0 Å². The van der Waals surface area contributed by atoms with Crippen molar-refractivity contribution in [3.63, 3.8) is 0 Å². The third-order valence-electron chi connectivity index (χ3n) is 2.99. The standard InChI is InChI=1S/C15H14FNO2/c1-9-8-11(16)6-7-13(9)17-15(19)12-4-3-5-14(18)10(12)2/h3-8,18H,1-2H3,(H,17,19). The van der Waals surface area contributed by atoms with Gasteiger partial charge in [0.15, 0.2) is 0 Å². The molecule has 0 aliphatic heterocycles. The number of carbonyl (C=O) groups is 1. The zero-order valence-corrected chi connectivity index (χ0v) is 10.7. The van der Waals surface area contributed by atoms with E-state index in [1.54, 1.807) is 26.0 Å². The molecule has 0 saturated carbocycles. The molecule has 0 fully saturated rings. The Labute approximate surface area is 110 Å². The lowest BCUT2D eigenvalue weighted by Gasteiger charge is -2.10. The lowest BCUT2D eigenvalue weighted by atomic mass is 10.1. The second-order valence-corrected chi connectivity index (χ2v) is 4.36. The third-order valence-corrected chi connectivity index (χ3v) is 2.99. The molecule has 98 valence electrons. The number of amides is 1. The second-order valence-electron chi connectivity index (χ2n) is 4.36. The molecule has 2 rings (SSSR count). The Morgan fingerprint density at radius 3 is 2.63 bits per heavy atom. The maximum Gasteiger partial charge on any atom is 0.256 e. The van der Waals surface area contributed by atoms with Crippen molar-refractivity contribution >= 4 is 11.6 Å². The maximum absolute atomic E-state index is 13.0. The summed E-state index contributed by atoms with van der Waals surface area (Å²) < 4.78 is 13.0. The van der Waals surface area contributed by atoms with Crippen molar-refractivity contribution in [2.45, 2.75) is 13.8 Å². The summed E-state index contributed by atoms with van der Waals surface area (Å²) in [6, 6.07) is 8.91. The topological polar surface area (TPSA) is 49.3 Å². The SMILES string of the molecule is Cc1cc(F)ccc1NC(=O)c1cccc(O)c1C. The third kappa shape index (κ3) is 2.73. The van der Waals surface area contributed by atoms with Gasteiger partial charge in [0.05, 0.1) is 0 Å². The molecule has 19 heavy (non-hydrogen) atoms. The van der Waals surface area contributed by atoms with Crippen molar-refractivity contribution in [1.82, 2.24) is 0 Å². The summed E-state index contributed by atoms with van der Waals surface area (Å²) in [5, 5.41) is 12.3. The molecule has 0 radical (unpaired) electrons. The van der Waals surface area contributed by atoms with Gasteiger partial charge in [-0.25, -0.2) is 4.39 Å². The predicted molar refractivity (Wildman–Crippen MR) is 71.9 cm³/mol. The van der Waals surface area contributed by atoms with Crippen molar-refractivity contribution < 1.29 is 14.3 Å². The van der Waals surface area contributed by atoms with E-state index in [2.05, 4.69) is 5.32 Å². The summed E-state index contributed by atoms with van der Waals surface area (Å²) in [6.45, 7) is 3.38. The fourth-order valence-corrected chi connectivity index (χ4v) is 1.83. The molecule has 0 aliphatic carbocycles. The Bertz CT molecular complexity index is 638. The van der Waals surface area contributed by atoms with Gasteiger partial charge in [0.25, 0.3) is 5.91 Å². The van der Waals surface area contributed by atoms with Crippen molar-refractivity contribution in [2.24, 2.45) is 0 Å². The Morgan fingerprint density at radius 1 is 1.21 bits per heavy atom. The Balaban J connectivity index is 2.28. The Kier molecular flexibility index (Phi) is 3.51. The van der Waals surface area contributed by atoms with Crippen LogP contribution in [0, 0.1) is 19.7 Å². The molecule has 0 aliphatic rings. The first kappa shape index (κ1) is 13.1. The van der Waals surface area contributed by atoms with Crippen LogP contribution < -0.4 is 5.32 Å². The van der Waals surface area contributed by atoms with Crippen LogP contribution in [0.2, 0.25) is 0 Å². The van der Waals surface area contributed by atoms with Crippen molar-refractivity contribution in [2.75, 3.05) is 5.32 Å². The van der Waals surface area contributed by atoms with Gasteiger partial charge in [0.2, 0.25) is 0 Å². The number of aromatic hydroxyl groups is 1. The number of aryl methyl sites for hydroxylation is 1. The van der Waals surface area contributed by atoms with E-state index >= 15 is 0 Å². The average molecular weight is 259 g/mol. The van der Waals surface area contributed by atoms with Gasteiger partial charge in [0, 0.05) is 16.8 Å². The van der Waals surface area contributed by atoms with Gasteiger partial charge < -0.3 is 10.4 Å². The number of hydrogen-bond acceptors (Lipinski definition) is 2. The number of nitrogens with one attached hydrogen (secondary N) is 1. The highest BCUT2D eigenvalue weighted by Crippen LogP contribution is 2.22. The van der Waals surface area contributed by atoms with E-state index in [4.69, 9.17) is 0 Å². The number of carbonyl (C=O) groups excluding carboxylic acids is 1. The molecule has 0 heterocycles. The molecule has 2 aromatic rings. The molecule has 3 nitrogen and oxygen atoms in total. The molecule has 0 bridgehead atoms. The summed E-state index contributed by atoms with van der Waals surface area (Å²) >= 11 is 0.